The fourth-order valence-electron chi connectivity index (χ4n) is 2.40. The topological polar surface area (TPSA) is 49.9 Å². The van der Waals surface area contributed by atoms with E-state index >= 15 is 0 Å². The highest BCUT2D eigenvalue weighted by Gasteiger charge is 2.26. The molecule has 0 N–H and O–H groups in total. The number of hydrogen-bond donors (Lipinski definition) is 0. The summed E-state index contributed by atoms with van der Waals surface area (Å²) >= 11 is 0. The number of likely N-dealkylation sites (tertiary alicyclic amines) is 1. The van der Waals surface area contributed by atoms with Gasteiger partial charge in [0.1, 0.15) is 6.10 Å². The number of amides is 1. The van der Waals surface area contributed by atoms with Gasteiger partial charge in [0.2, 0.25) is 5.91 Å². The molecule has 0 unspecified atom stereocenters. The fourth-order valence-corrected chi connectivity index (χ4v) is 2.40. The smallest absolute Gasteiger partial charge is 0.309 e. The number of nitrogens with zero attached hydrogens (tertiary/aromatic N) is 2. The zero-order chi connectivity index (χ0) is 15.1. The molecule has 0 radical (unpaired) electrons. The second-order valence-corrected chi connectivity index (χ2v) is 5.71. The molecule has 1 heterocycles. The summed E-state index contributed by atoms with van der Waals surface area (Å²) in [7, 11) is 3.54. The number of ether oxygens (including phenoxy) is 1. The van der Waals surface area contributed by atoms with Gasteiger partial charge in [0.25, 0.3) is 0 Å². The Hall–Kier alpha value is -1.10. The molecule has 116 valence electrons. The number of esters is 1. The SMILES string of the molecule is CCC(CC)C(=O)OC1CCN(CC(=O)N(C)C)CC1. The van der Waals surface area contributed by atoms with Gasteiger partial charge in [0, 0.05) is 27.2 Å². The van der Waals surface area contributed by atoms with Crippen LogP contribution in [0, 0.1) is 5.92 Å². The monoisotopic (exact) mass is 284 g/mol. The lowest BCUT2D eigenvalue weighted by molar-refractivity contribution is -0.157. The molecule has 0 aromatic heterocycles. The molecular weight excluding hydrogens is 256 g/mol. The lowest BCUT2D eigenvalue weighted by Crippen LogP contribution is -2.43. The number of likely N-dealkylation sites (N-methyl/N-ethyl adjacent to an activating group) is 1. The molecule has 1 rings (SSSR count). The first kappa shape index (κ1) is 17.0. The van der Waals surface area contributed by atoms with Gasteiger partial charge in [0.05, 0.1) is 12.5 Å². The van der Waals surface area contributed by atoms with Gasteiger partial charge in [-0.3, -0.25) is 14.5 Å². The van der Waals surface area contributed by atoms with Crippen molar-refractivity contribution in [2.75, 3.05) is 33.7 Å². The first-order valence-corrected chi connectivity index (χ1v) is 7.60. The van der Waals surface area contributed by atoms with Crippen molar-refractivity contribution in [1.29, 1.82) is 0 Å². The van der Waals surface area contributed by atoms with Gasteiger partial charge in [-0.2, -0.15) is 0 Å². The third-order valence-corrected chi connectivity index (χ3v) is 3.99. The maximum atomic E-state index is 11.9. The molecule has 1 aliphatic rings. The summed E-state index contributed by atoms with van der Waals surface area (Å²) in [5.74, 6) is 0.0960. The van der Waals surface area contributed by atoms with Crippen LogP contribution in [0.4, 0.5) is 0 Å². The molecule has 0 aliphatic carbocycles. The highest BCUT2D eigenvalue weighted by molar-refractivity contribution is 5.77. The molecule has 5 nitrogen and oxygen atoms in total. The molecule has 1 amide bonds. The zero-order valence-electron chi connectivity index (χ0n) is 13.2. The van der Waals surface area contributed by atoms with Crippen molar-refractivity contribution in [1.82, 2.24) is 9.80 Å². The van der Waals surface area contributed by atoms with Gasteiger partial charge in [0.15, 0.2) is 0 Å². The lowest BCUT2D eigenvalue weighted by atomic mass is 10.0. The quantitative estimate of drug-likeness (QED) is 0.694. The Bertz CT molecular complexity index is 319. The van der Waals surface area contributed by atoms with Crippen molar-refractivity contribution in [3.63, 3.8) is 0 Å². The first-order valence-electron chi connectivity index (χ1n) is 7.60. The summed E-state index contributed by atoms with van der Waals surface area (Å²) in [4.78, 5) is 27.3. The zero-order valence-corrected chi connectivity index (χ0v) is 13.2. The van der Waals surface area contributed by atoms with E-state index in [0.29, 0.717) is 6.54 Å². The van der Waals surface area contributed by atoms with Gasteiger partial charge < -0.3 is 9.64 Å². The van der Waals surface area contributed by atoms with Crippen LogP contribution in [0.25, 0.3) is 0 Å². The van der Waals surface area contributed by atoms with Gasteiger partial charge in [-0.15, -0.1) is 0 Å². The van der Waals surface area contributed by atoms with Crippen LogP contribution < -0.4 is 0 Å². The normalized spacial score (nSPS) is 17.2. The van der Waals surface area contributed by atoms with Crippen molar-refractivity contribution >= 4 is 11.9 Å². The second kappa shape index (κ2) is 8.25. The van der Waals surface area contributed by atoms with Crippen LogP contribution in [0.2, 0.25) is 0 Å². The summed E-state index contributed by atoms with van der Waals surface area (Å²) in [5.41, 5.74) is 0. The Labute approximate surface area is 122 Å². The molecule has 0 aromatic carbocycles. The minimum absolute atomic E-state index is 0.0220. The molecule has 0 saturated carbocycles. The molecule has 0 aromatic rings. The molecule has 0 bridgehead atoms. The number of hydrogen-bond acceptors (Lipinski definition) is 4. The highest BCUT2D eigenvalue weighted by atomic mass is 16.5. The van der Waals surface area contributed by atoms with Crippen molar-refractivity contribution in [3.8, 4) is 0 Å². The summed E-state index contributed by atoms with van der Waals surface area (Å²) < 4.78 is 5.58. The van der Waals surface area contributed by atoms with Crippen LogP contribution in [0.1, 0.15) is 39.5 Å². The van der Waals surface area contributed by atoms with E-state index in [0.717, 1.165) is 38.8 Å². The molecule has 1 saturated heterocycles. The van der Waals surface area contributed by atoms with E-state index in [4.69, 9.17) is 4.74 Å². The summed E-state index contributed by atoms with van der Waals surface area (Å²) in [6, 6.07) is 0. The van der Waals surface area contributed by atoms with Crippen LogP contribution in [0.3, 0.4) is 0 Å². The van der Waals surface area contributed by atoms with Crippen LogP contribution >= 0.6 is 0 Å². The Morgan fingerprint density at radius 2 is 1.75 bits per heavy atom. The first-order chi connectivity index (χ1) is 9.47. The van der Waals surface area contributed by atoms with E-state index in [2.05, 4.69) is 4.90 Å². The van der Waals surface area contributed by atoms with Crippen molar-refractivity contribution in [2.24, 2.45) is 5.92 Å². The fraction of sp³-hybridized carbons (Fsp3) is 0.867. The van der Waals surface area contributed by atoms with Gasteiger partial charge >= 0.3 is 5.97 Å². The number of carbonyl (C=O) groups is 2. The Balaban J connectivity index is 2.32. The van der Waals surface area contributed by atoms with Crippen molar-refractivity contribution < 1.29 is 14.3 Å². The average Bonchev–Trinajstić information content (AvgIpc) is 2.42. The van der Waals surface area contributed by atoms with Crippen LogP contribution in [-0.4, -0.2) is 61.5 Å². The Morgan fingerprint density at radius 1 is 1.20 bits per heavy atom. The minimum Gasteiger partial charge on any atom is -0.462 e. The molecular formula is C15H28N2O3. The van der Waals surface area contributed by atoms with Gasteiger partial charge in [-0.1, -0.05) is 13.8 Å². The van der Waals surface area contributed by atoms with E-state index in [1.54, 1.807) is 19.0 Å². The standard InChI is InChI=1S/C15H28N2O3/c1-5-12(6-2)15(19)20-13-7-9-17(10-8-13)11-14(18)16(3)4/h12-13H,5-11H2,1-4H3. The third kappa shape index (κ3) is 5.12. The predicted octanol–water partition coefficient (Wildman–Crippen LogP) is 1.52. The molecule has 1 fully saturated rings. The number of rotatable bonds is 6. The lowest BCUT2D eigenvalue weighted by Gasteiger charge is -2.32. The Morgan fingerprint density at radius 3 is 2.20 bits per heavy atom. The van der Waals surface area contributed by atoms with E-state index in [9.17, 15) is 9.59 Å². The minimum atomic E-state index is -0.0576. The van der Waals surface area contributed by atoms with Crippen LogP contribution in [-0.2, 0) is 14.3 Å². The van der Waals surface area contributed by atoms with E-state index in [-0.39, 0.29) is 23.9 Å². The molecule has 0 spiro atoms. The van der Waals surface area contributed by atoms with Crippen LogP contribution in [0.5, 0.6) is 0 Å². The second-order valence-electron chi connectivity index (χ2n) is 5.71. The van der Waals surface area contributed by atoms with E-state index in [1.165, 1.54) is 0 Å². The predicted molar refractivity (Wildman–Crippen MR) is 78.3 cm³/mol. The average molecular weight is 284 g/mol. The Kier molecular flexibility index (Phi) is 6.99. The maximum Gasteiger partial charge on any atom is 0.309 e. The molecule has 20 heavy (non-hydrogen) atoms. The van der Waals surface area contributed by atoms with E-state index < -0.39 is 0 Å². The summed E-state index contributed by atoms with van der Waals surface area (Å²) in [6.45, 7) is 6.14. The third-order valence-electron chi connectivity index (χ3n) is 3.99. The largest absolute Gasteiger partial charge is 0.462 e. The van der Waals surface area contributed by atoms with Crippen molar-refractivity contribution in [2.45, 2.75) is 45.6 Å². The summed E-state index contributed by atoms with van der Waals surface area (Å²) in [5, 5.41) is 0. The van der Waals surface area contributed by atoms with E-state index in [1.807, 2.05) is 13.8 Å². The van der Waals surface area contributed by atoms with Gasteiger partial charge in [-0.05, 0) is 25.7 Å². The highest BCUT2D eigenvalue weighted by Crippen LogP contribution is 2.17. The van der Waals surface area contributed by atoms with Crippen LogP contribution in [0.15, 0.2) is 0 Å². The number of carbonyl (C=O) groups excluding carboxylic acids is 2. The van der Waals surface area contributed by atoms with Crippen molar-refractivity contribution in [3.05, 3.63) is 0 Å². The molecule has 5 heteroatoms. The van der Waals surface area contributed by atoms with Gasteiger partial charge in [-0.25, -0.2) is 0 Å². The summed E-state index contributed by atoms with van der Waals surface area (Å²) in [6.07, 6.45) is 3.35. The maximum absolute atomic E-state index is 11.9. The molecule has 1 aliphatic heterocycles. The molecule has 0 atom stereocenters. The number of piperidine rings is 1.